The van der Waals surface area contributed by atoms with E-state index in [-0.39, 0.29) is 23.2 Å². The zero-order valence-electron chi connectivity index (χ0n) is 23.7. The predicted molar refractivity (Wildman–Crippen MR) is 162 cm³/mol. The summed E-state index contributed by atoms with van der Waals surface area (Å²) in [5.41, 5.74) is 1.98. The first-order chi connectivity index (χ1) is 19.6. The van der Waals surface area contributed by atoms with Crippen molar-refractivity contribution in [3.05, 3.63) is 46.6 Å². The molecule has 1 amide bonds. The van der Waals surface area contributed by atoms with E-state index in [9.17, 15) is 13.2 Å². The van der Waals surface area contributed by atoms with Gasteiger partial charge in [-0.2, -0.15) is 9.61 Å². The minimum atomic E-state index is -3.59. The number of anilines is 3. The van der Waals surface area contributed by atoms with Crippen LogP contribution in [0.15, 0.2) is 30.3 Å². The molecule has 0 spiro atoms. The second-order valence-electron chi connectivity index (χ2n) is 11.6. The van der Waals surface area contributed by atoms with Crippen molar-refractivity contribution in [3.63, 3.8) is 0 Å². The highest BCUT2D eigenvalue weighted by atomic mass is 35.5. The maximum Gasteiger partial charge on any atom is 0.256 e. The summed E-state index contributed by atoms with van der Waals surface area (Å²) in [6, 6.07) is 9.18. The van der Waals surface area contributed by atoms with Crippen LogP contribution in [0.2, 0.25) is 5.02 Å². The highest BCUT2D eigenvalue weighted by molar-refractivity contribution is 7.92. The summed E-state index contributed by atoms with van der Waals surface area (Å²) in [6.45, 7) is 8.63. The number of benzene rings is 1. The number of amides is 1. The van der Waals surface area contributed by atoms with Crippen LogP contribution in [0, 0.1) is 0 Å². The molecule has 13 heteroatoms. The fraction of sp³-hybridized carbons (Fsp3) is 0.536. The minimum absolute atomic E-state index is 0.214. The average molecular weight is 601 g/mol. The Kier molecular flexibility index (Phi) is 7.50. The van der Waals surface area contributed by atoms with Crippen molar-refractivity contribution in [1.29, 1.82) is 0 Å². The number of hydrogen-bond donors (Lipinski definition) is 2. The zero-order valence-corrected chi connectivity index (χ0v) is 25.2. The van der Waals surface area contributed by atoms with Gasteiger partial charge in [0.15, 0.2) is 5.65 Å². The second kappa shape index (κ2) is 11.0. The van der Waals surface area contributed by atoms with Crippen LogP contribution in [0.3, 0.4) is 0 Å². The Morgan fingerprint density at radius 2 is 1.78 bits per heavy atom. The molecule has 0 saturated carbocycles. The van der Waals surface area contributed by atoms with Gasteiger partial charge in [0.05, 0.1) is 29.2 Å². The molecule has 3 fully saturated rings. The molecule has 6 rings (SSSR count). The summed E-state index contributed by atoms with van der Waals surface area (Å²) in [4.78, 5) is 25.4. The van der Waals surface area contributed by atoms with Crippen molar-refractivity contribution >= 4 is 50.5 Å². The third kappa shape index (κ3) is 5.82. The third-order valence-electron chi connectivity index (χ3n) is 8.09. The number of carbonyl (C=O) groups excluding carboxylic acids is 1. The molecule has 2 aromatic heterocycles. The predicted octanol–water partition coefficient (Wildman–Crippen LogP) is 3.52. The van der Waals surface area contributed by atoms with Gasteiger partial charge in [0, 0.05) is 62.0 Å². The molecule has 1 aromatic carbocycles. The van der Waals surface area contributed by atoms with Crippen LogP contribution in [0.5, 0.6) is 0 Å². The van der Waals surface area contributed by atoms with Crippen molar-refractivity contribution < 1.29 is 13.2 Å². The molecule has 0 aliphatic carbocycles. The Labute approximate surface area is 245 Å². The zero-order chi connectivity index (χ0) is 28.9. The van der Waals surface area contributed by atoms with Crippen LogP contribution in [0.1, 0.15) is 61.6 Å². The summed E-state index contributed by atoms with van der Waals surface area (Å²) < 4.78 is 28.5. The number of aromatic nitrogens is 3. The Bertz CT molecular complexity index is 1560. The molecule has 3 aliphatic heterocycles. The normalized spacial score (nSPS) is 23.5. The Morgan fingerprint density at radius 1 is 1.02 bits per heavy atom. The number of nitrogens with one attached hydrogen (secondary N) is 2. The van der Waals surface area contributed by atoms with E-state index in [0.717, 1.165) is 81.1 Å². The molecule has 0 radical (unpaired) electrons. The van der Waals surface area contributed by atoms with Crippen LogP contribution in [-0.4, -0.2) is 84.9 Å². The number of carbonyl (C=O) groups is 1. The minimum Gasteiger partial charge on any atom is -0.356 e. The van der Waals surface area contributed by atoms with E-state index in [4.69, 9.17) is 21.7 Å². The fourth-order valence-electron chi connectivity index (χ4n) is 6.19. The van der Waals surface area contributed by atoms with Crippen molar-refractivity contribution in [2.45, 2.75) is 57.7 Å². The summed E-state index contributed by atoms with van der Waals surface area (Å²) in [5.74, 6) is 1.68. The van der Waals surface area contributed by atoms with E-state index in [0.29, 0.717) is 23.7 Å². The van der Waals surface area contributed by atoms with Crippen LogP contribution >= 0.6 is 11.6 Å². The monoisotopic (exact) mass is 600 g/mol. The summed E-state index contributed by atoms with van der Waals surface area (Å²) in [7, 11) is -3.59. The number of likely N-dealkylation sites (tertiary alicyclic amines) is 1. The molecule has 41 heavy (non-hydrogen) atoms. The molecule has 5 heterocycles. The fourth-order valence-corrected chi connectivity index (χ4v) is 6.94. The summed E-state index contributed by atoms with van der Waals surface area (Å²) in [6.07, 6.45) is 4.78. The van der Waals surface area contributed by atoms with Gasteiger partial charge in [-0.3, -0.25) is 9.52 Å². The molecule has 0 unspecified atom stereocenters. The lowest BCUT2D eigenvalue weighted by atomic mass is 9.98. The first-order valence-corrected chi connectivity index (χ1v) is 16.6. The SMILES string of the molecule is C[C@@H]1CN(c2cc(N3CCC3)nc3cc([C@@H]4CCCCN4C(=O)c4cc(Cl)ccc4NS(C)(=O)=O)nn23)C[C@H](C)N1. The quantitative estimate of drug-likeness (QED) is 0.442. The molecular formula is C28H37ClN8O3S. The highest BCUT2D eigenvalue weighted by Crippen LogP contribution is 2.35. The van der Waals surface area contributed by atoms with Crippen molar-refractivity contribution in [1.82, 2.24) is 24.8 Å². The van der Waals surface area contributed by atoms with Crippen LogP contribution in [0.4, 0.5) is 17.3 Å². The number of rotatable bonds is 6. The number of nitrogens with zero attached hydrogens (tertiary/aromatic N) is 6. The number of piperidine rings is 1. The standard InChI is InChI=1S/C28H37ClN8O3S/c1-18-16-35(17-19(2)30-18)27-15-25(34-10-6-11-34)31-26-14-23(32-37(26)27)24-7-4-5-12-36(24)28(38)21-13-20(29)8-9-22(21)33-41(3,39)40/h8-9,13-15,18-19,24,30,33H,4-7,10-12,16-17H2,1-3H3/t18-,19+,24-/m0/s1. The van der Waals surface area contributed by atoms with Crippen LogP contribution in [0.25, 0.3) is 5.65 Å². The average Bonchev–Trinajstić information content (AvgIpc) is 3.30. The first-order valence-electron chi connectivity index (χ1n) is 14.3. The Balaban J connectivity index is 1.39. The van der Waals surface area contributed by atoms with E-state index in [1.807, 2.05) is 10.6 Å². The van der Waals surface area contributed by atoms with E-state index in [1.165, 1.54) is 12.1 Å². The molecular weight excluding hydrogens is 564 g/mol. The van der Waals surface area contributed by atoms with Crippen LogP contribution < -0.4 is 19.8 Å². The van der Waals surface area contributed by atoms with Gasteiger partial charge in [-0.05, 0) is 57.7 Å². The van der Waals surface area contributed by atoms with Crippen molar-refractivity contribution in [3.8, 4) is 0 Å². The lowest BCUT2D eigenvalue weighted by Gasteiger charge is -2.38. The van der Waals surface area contributed by atoms with E-state index in [1.54, 1.807) is 11.0 Å². The van der Waals surface area contributed by atoms with Gasteiger partial charge in [-0.25, -0.2) is 13.4 Å². The summed E-state index contributed by atoms with van der Waals surface area (Å²) >= 11 is 6.26. The molecule has 2 N–H and O–H groups in total. The third-order valence-corrected chi connectivity index (χ3v) is 8.91. The second-order valence-corrected chi connectivity index (χ2v) is 13.8. The van der Waals surface area contributed by atoms with E-state index >= 15 is 0 Å². The van der Waals surface area contributed by atoms with Gasteiger partial charge in [-0.15, -0.1) is 0 Å². The number of hydrogen-bond acceptors (Lipinski definition) is 8. The van der Waals surface area contributed by atoms with Gasteiger partial charge in [0.25, 0.3) is 5.91 Å². The Hall–Kier alpha value is -3.09. The molecule has 220 valence electrons. The topological polar surface area (TPSA) is 115 Å². The van der Waals surface area contributed by atoms with Gasteiger partial charge in [0.1, 0.15) is 11.6 Å². The van der Waals surface area contributed by atoms with Crippen molar-refractivity contribution in [2.75, 3.05) is 53.5 Å². The molecule has 11 nitrogen and oxygen atoms in total. The summed E-state index contributed by atoms with van der Waals surface area (Å²) in [5, 5.41) is 9.04. The maximum atomic E-state index is 14.0. The van der Waals surface area contributed by atoms with Crippen LogP contribution in [-0.2, 0) is 10.0 Å². The van der Waals surface area contributed by atoms with E-state index in [2.05, 4.69) is 39.8 Å². The Morgan fingerprint density at radius 3 is 2.46 bits per heavy atom. The number of fused-ring (bicyclic) bond motifs is 1. The first kappa shape index (κ1) is 28.0. The molecule has 3 saturated heterocycles. The molecule has 3 aliphatic rings. The largest absolute Gasteiger partial charge is 0.356 e. The highest BCUT2D eigenvalue weighted by Gasteiger charge is 2.33. The van der Waals surface area contributed by atoms with Gasteiger partial charge in [0.2, 0.25) is 10.0 Å². The lowest BCUT2D eigenvalue weighted by Crippen LogP contribution is -2.54. The van der Waals surface area contributed by atoms with Gasteiger partial charge in [-0.1, -0.05) is 11.6 Å². The van der Waals surface area contributed by atoms with Gasteiger partial charge >= 0.3 is 0 Å². The lowest BCUT2D eigenvalue weighted by molar-refractivity contribution is 0.0607. The molecule has 3 atom stereocenters. The number of piperazine rings is 1. The smallest absolute Gasteiger partial charge is 0.256 e. The number of halogens is 1. The number of sulfonamides is 1. The maximum absolute atomic E-state index is 14.0. The molecule has 3 aromatic rings. The molecule has 0 bridgehead atoms. The van der Waals surface area contributed by atoms with E-state index < -0.39 is 10.0 Å². The van der Waals surface area contributed by atoms with Gasteiger partial charge < -0.3 is 20.0 Å². The van der Waals surface area contributed by atoms with Crippen molar-refractivity contribution in [2.24, 2.45) is 0 Å².